The molecule has 0 saturated carbocycles. The number of carbonyl (C=O) groups is 1. The number of ether oxygens (including phenoxy) is 1. The smallest absolute Gasteiger partial charge is 0.349 e. The lowest BCUT2D eigenvalue weighted by atomic mass is 10.1. The molecule has 6 heteroatoms. The van der Waals surface area contributed by atoms with Gasteiger partial charge in [0.1, 0.15) is 5.56 Å². The highest BCUT2D eigenvalue weighted by atomic mass is 32.1. The first-order valence-electron chi connectivity index (χ1n) is 8.93. The third-order valence-electron chi connectivity index (χ3n) is 4.65. The maximum Gasteiger partial charge on any atom is 0.349 e. The number of methoxy groups -OCH3 is 1. The van der Waals surface area contributed by atoms with Gasteiger partial charge < -0.3 is 14.5 Å². The zero-order valence-electron chi connectivity index (χ0n) is 15.5. The zero-order chi connectivity index (χ0) is 19.7. The first-order valence-corrected chi connectivity index (χ1v) is 9.81. The summed E-state index contributed by atoms with van der Waals surface area (Å²) in [6, 6.07) is 14.9. The Hall–Kier alpha value is -3.12. The molecule has 142 valence electrons. The molecule has 0 aliphatic rings. The molecule has 5 nitrogen and oxygen atoms in total. The largest absolute Gasteiger partial charge is 0.493 e. The molecule has 0 aliphatic carbocycles. The van der Waals surface area contributed by atoms with Crippen LogP contribution in [0.15, 0.2) is 63.1 Å². The fourth-order valence-electron chi connectivity index (χ4n) is 3.31. The molecule has 1 N–H and O–H groups in total. The standard InChI is InChI=1S/C22H19NO4S/c1-13(10-15-12-28-19-9-4-3-7-16(15)19)23-21(24)17-11-14-6-5-8-18(26-2)20(14)27-22(17)25/h3-9,11-13H,10H2,1-2H3,(H,23,24)/t13-/m0/s1. The highest BCUT2D eigenvalue weighted by Gasteiger charge is 2.18. The van der Waals surface area contributed by atoms with Crippen molar-refractivity contribution in [1.82, 2.24) is 5.32 Å². The van der Waals surface area contributed by atoms with Gasteiger partial charge in [-0.2, -0.15) is 0 Å². The van der Waals surface area contributed by atoms with Crippen LogP contribution in [0.5, 0.6) is 5.75 Å². The summed E-state index contributed by atoms with van der Waals surface area (Å²) in [5.41, 5.74) is 0.832. The van der Waals surface area contributed by atoms with Gasteiger partial charge >= 0.3 is 5.63 Å². The Morgan fingerprint density at radius 1 is 1.21 bits per heavy atom. The number of hydrogen-bond acceptors (Lipinski definition) is 5. The van der Waals surface area contributed by atoms with E-state index in [1.54, 1.807) is 35.6 Å². The topological polar surface area (TPSA) is 68.5 Å². The predicted molar refractivity (Wildman–Crippen MR) is 111 cm³/mol. The SMILES string of the molecule is COc1cccc2cc(C(=O)N[C@@H](C)Cc3csc4ccccc34)c(=O)oc12. The molecule has 4 rings (SSSR count). The van der Waals surface area contributed by atoms with Crippen LogP contribution in [0.1, 0.15) is 22.8 Å². The molecule has 1 atom stereocenters. The van der Waals surface area contributed by atoms with Crippen molar-refractivity contribution in [2.45, 2.75) is 19.4 Å². The van der Waals surface area contributed by atoms with Crippen molar-refractivity contribution in [3.63, 3.8) is 0 Å². The molecular weight excluding hydrogens is 374 g/mol. The molecule has 0 unspecified atom stereocenters. The second-order valence-corrected chi connectivity index (χ2v) is 7.57. The minimum absolute atomic E-state index is 0.0113. The molecule has 0 spiro atoms. The Balaban J connectivity index is 1.56. The van der Waals surface area contributed by atoms with Gasteiger partial charge in [0, 0.05) is 16.1 Å². The Kier molecular flexibility index (Phi) is 4.88. The van der Waals surface area contributed by atoms with Crippen LogP contribution in [0.25, 0.3) is 21.1 Å². The third kappa shape index (κ3) is 3.39. The van der Waals surface area contributed by atoms with Gasteiger partial charge in [0.2, 0.25) is 0 Å². The van der Waals surface area contributed by atoms with Crippen LogP contribution >= 0.6 is 11.3 Å². The number of benzene rings is 2. The summed E-state index contributed by atoms with van der Waals surface area (Å²) in [6.45, 7) is 1.93. The molecule has 0 radical (unpaired) electrons. The van der Waals surface area contributed by atoms with Gasteiger partial charge in [-0.3, -0.25) is 4.79 Å². The summed E-state index contributed by atoms with van der Waals surface area (Å²) in [7, 11) is 1.51. The fourth-order valence-corrected chi connectivity index (χ4v) is 4.29. The number of para-hydroxylation sites is 1. The molecular formula is C22H19NO4S. The van der Waals surface area contributed by atoms with Gasteiger partial charge in [-0.1, -0.05) is 30.3 Å². The Morgan fingerprint density at radius 2 is 2.04 bits per heavy atom. The van der Waals surface area contributed by atoms with Gasteiger partial charge in [0.05, 0.1) is 7.11 Å². The minimum atomic E-state index is -0.678. The monoisotopic (exact) mass is 393 g/mol. The number of hydrogen-bond donors (Lipinski definition) is 1. The molecule has 0 bridgehead atoms. The maximum absolute atomic E-state index is 12.7. The van der Waals surface area contributed by atoms with E-state index < -0.39 is 11.5 Å². The molecule has 0 saturated heterocycles. The van der Waals surface area contributed by atoms with E-state index in [0.29, 0.717) is 23.1 Å². The third-order valence-corrected chi connectivity index (χ3v) is 5.67. The van der Waals surface area contributed by atoms with Crippen LogP contribution in [-0.4, -0.2) is 19.1 Å². The highest BCUT2D eigenvalue weighted by molar-refractivity contribution is 7.17. The quantitative estimate of drug-likeness (QED) is 0.511. The van der Waals surface area contributed by atoms with Gasteiger partial charge in [-0.15, -0.1) is 11.3 Å². The average molecular weight is 393 g/mol. The van der Waals surface area contributed by atoms with Crippen LogP contribution in [0.4, 0.5) is 0 Å². The number of fused-ring (bicyclic) bond motifs is 2. The Morgan fingerprint density at radius 3 is 2.86 bits per heavy atom. The Bertz CT molecular complexity index is 1220. The first-order chi connectivity index (χ1) is 13.6. The van der Waals surface area contributed by atoms with Gasteiger partial charge in [-0.05, 0) is 47.9 Å². The average Bonchev–Trinajstić information content (AvgIpc) is 3.09. The van der Waals surface area contributed by atoms with Crippen molar-refractivity contribution in [2.24, 2.45) is 0 Å². The van der Waals surface area contributed by atoms with Crippen LogP contribution in [-0.2, 0) is 6.42 Å². The van der Waals surface area contributed by atoms with E-state index in [2.05, 4.69) is 22.8 Å². The molecule has 0 aliphatic heterocycles. The summed E-state index contributed by atoms with van der Waals surface area (Å²) in [5.74, 6) is 0.0183. The van der Waals surface area contributed by atoms with Crippen LogP contribution < -0.4 is 15.7 Å². The lowest BCUT2D eigenvalue weighted by Crippen LogP contribution is -2.36. The molecule has 0 fully saturated rings. The summed E-state index contributed by atoms with van der Waals surface area (Å²) >= 11 is 1.69. The lowest BCUT2D eigenvalue weighted by Gasteiger charge is -2.13. The first kappa shape index (κ1) is 18.3. The van der Waals surface area contributed by atoms with Gasteiger partial charge in [-0.25, -0.2) is 4.79 Å². The second kappa shape index (κ2) is 7.48. The summed E-state index contributed by atoms with van der Waals surface area (Å²) in [4.78, 5) is 25.0. The van der Waals surface area contributed by atoms with E-state index in [4.69, 9.17) is 9.15 Å². The minimum Gasteiger partial charge on any atom is -0.493 e. The van der Waals surface area contributed by atoms with Crippen molar-refractivity contribution >= 4 is 38.3 Å². The van der Waals surface area contributed by atoms with E-state index in [9.17, 15) is 9.59 Å². The van der Waals surface area contributed by atoms with Crippen molar-refractivity contribution in [3.8, 4) is 5.75 Å². The van der Waals surface area contributed by atoms with E-state index in [1.807, 2.05) is 19.1 Å². The number of rotatable bonds is 5. The van der Waals surface area contributed by atoms with E-state index in [-0.39, 0.29) is 11.6 Å². The second-order valence-electron chi connectivity index (χ2n) is 6.66. The van der Waals surface area contributed by atoms with Crippen LogP contribution in [0.3, 0.4) is 0 Å². The number of thiophene rings is 1. The van der Waals surface area contributed by atoms with E-state index >= 15 is 0 Å². The molecule has 2 heterocycles. The van der Waals surface area contributed by atoms with Crippen LogP contribution in [0, 0.1) is 0 Å². The van der Waals surface area contributed by atoms with Crippen molar-refractivity contribution in [2.75, 3.05) is 7.11 Å². The molecule has 2 aromatic carbocycles. The molecule has 4 aromatic rings. The fraction of sp³-hybridized carbons (Fsp3) is 0.182. The molecule has 2 aromatic heterocycles. The number of amides is 1. The number of carbonyl (C=O) groups excluding carboxylic acids is 1. The zero-order valence-corrected chi connectivity index (χ0v) is 16.3. The molecule has 28 heavy (non-hydrogen) atoms. The van der Waals surface area contributed by atoms with Crippen molar-refractivity contribution in [3.05, 3.63) is 75.5 Å². The van der Waals surface area contributed by atoms with Crippen molar-refractivity contribution in [1.29, 1.82) is 0 Å². The summed E-state index contributed by atoms with van der Waals surface area (Å²) in [6.07, 6.45) is 0.683. The highest BCUT2D eigenvalue weighted by Crippen LogP contribution is 2.27. The number of nitrogens with one attached hydrogen (secondary N) is 1. The summed E-state index contributed by atoms with van der Waals surface area (Å²) < 4.78 is 11.8. The Labute approximate surface area is 165 Å². The molecule has 1 amide bonds. The predicted octanol–water partition coefficient (Wildman–Crippen LogP) is 4.38. The normalized spacial score (nSPS) is 12.2. The lowest BCUT2D eigenvalue weighted by molar-refractivity contribution is 0.0936. The van der Waals surface area contributed by atoms with Gasteiger partial charge in [0.25, 0.3) is 5.91 Å². The maximum atomic E-state index is 12.7. The summed E-state index contributed by atoms with van der Waals surface area (Å²) in [5, 5.41) is 6.86. The van der Waals surface area contributed by atoms with E-state index in [1.165, 1.54) is 22.8 Å². The van der Waals surface area contributed by atoms with Crippen LogP contribution in [0.2, 0.25) is 0 Å². The van der Waals surface area contributed by atoms with E-state index in [0.717, 1.165) is 0 Å². The van der Waals surface area contributed by atoms with Crippen molar-refractivity contribution < 1.29 is 13.9 Å². The van der Waals surface area contributed by atoms with Gasteiger partial charge in [0.15, 0.2) is 11.3 Å².